The minimum Gasteiger partial charge on any atom is -0.489 e. The standard InChI is InChI=1S/C16H13N3O4/c1-11-17-16(18-23-11)13-5-7-15(8-6-13)22-10-12-3-2-4-14(9-12)19(20)21/h2-9H,10H2,1H3. The molecule has 23 heavy (non-hydrogen) atoms. The largest absolute Gasteiger partial charge is 0.489 e. The molecular weight excluding hydrogens is 298 g/mol. The monoisotopic (exact) mass is 311 g/mol. The fourth-order valence-electron chi connectivity index (χ4n) is 2.04. The van der Waals surface area contributed by atoms with Crippen molar-refractivity contribution in [2.24, 2.45) is 0 Å². The molecule has 0 bridgehead atoms. The normalized spacial score (nSPS) is 10.5. The van der Waals surface area contributed by atoms with Crippen LogP contribution in [0.3, 0.4) is 0 Å². The quantitative estimate of drug-likeness (QED) is 0.528. The molecule has 3 rings (SSSR count). The Morgan fingerprint density at radius 2 is 2.00 bits per heavy atom. The summed E-state index contributed by atoms with van der Waals surface area (Å²) in [6, 6.07) is 13.6. The first kappa shape index (κ1) is 14.7. The second-order valence-corrected chi connectivity index (χ2v) is 4.88. The zero-order chi connectivity index (χ0) is 16.2. The molecule has 2 aromatic carbocycles. The molecule has 0 radical (unpaired) electrons. The minimum atomic E-state index is -0.425. The lowest BCUT2D eigenvalue weighted by molar-refractivity contribution is -0.384. The topological polar surface area (TPSA) is 91.3 Å². The number of benzene rings is 2. The summed E-state index contributed by atoms with van der Waals surface area (Å²) in [5, 5.41) is 14.6. The van der Waals surface area contributed by atoms with Gasteiger partial charge in [0.1, 0.15) is 12.4 Å². The van der Waals surface area contributed by atoms with Crippen molar-refractivity contribution in [1.29, 1.82) is 0 Å². The van der Waals surface area contributed by atoms with Gasteiger partial charge < -0.3 is 9.26 Å². The maximum absolute atomic E-state index is 10.7. The van der Waals surface area contributed by atoms with Crippen molar-refractivity contribution in [3.8, 4) is 17.1 Å². The molecule has 7 nitrogen and oxygen atoms in total. The first-order valence-electron chi connectivity index (χ1n) is 6.89. The van der Waals surface area contributed by atoms with Gasteiger partial charge in [0.05, 0.1) is 4.92 Å². The van der Waals surface area contributed by atoms with Crippen LogP contribution in [0.15, 0.2) is 53.1 Å². The van der Waals surface area contributed by atoms with E-state index in [1.165, 1.54) is 12.1 Å². The maximum Gasteiger partial charge on any atom is 0.269 e. The number of aryl methyl sites for hydroxylation is 1. The van der Waals surface area contributed by atoms with Gasteiger partial charge in [0.25, 0.3) is 5.69 Å². The SMILES string of the molecule is Cc1nc(-c2ccc(OCc3cccc([N+](=O)[O-])c3)cc2)no1. The molecular formula is C16H13N3O4. The van der Waals surface area contributed by atoms with Crippen LogP contribution in [0.25, 0.3) is 11.4 Å². The van der Waals surface area contributed by atoms with Gasteiger partial charge in [-0.1, -0.05) is 17.3 Å². The molecule has 0 amide bonds. The third-order valence-electron chi connectivity index (χ3n) is 3.17. The molecule has 7 heteroatoms. The van der Waals surface area contributed by atoms with Gasteiger partial charge in [0.2, 0.25) is 11.7 Å². The fourth-order valence-corrected chi connectivity index (χ4v) is 2.04. The molecule has 0 fully saturated rings. The number of nitro groups is 1. The number of aromatic nitrogens is 2. The van der Waals surface area contributed by atoms with Crippen LogP contribution in [0, 0.1) is 17.0 Å². The maximum atomic E-state index is 10.7. The predicted octanol–water partition coefficient (Wildman–Crippen LogP) is 3.53. The summed E-state index contributed by atoms with van der Waals surface area (Å²) in [7, 11) is 0. The summed E-state index contributed by atoms with van der Waals surface area (Å²) in [5.41, 5.74) is 1.61. The van der Waals surface area contributed by atoms with E-state index in [1.54, 1.807) is 31.2 Å². The molecule has 0 unspecified atom stereocenters. The highest BCUT2D eigenvalue weighted by Gasteiger charge is 2.07. The summed E-state index contributed by atoms with van der Waals surface area (Å²) in [6.07, 6.45) is 0. The Morgan fingerprint density at radius 1 is 1.22 bits per heavy atom. The average Bonchev–Trinajstić information content (AvgIpc) is 3.00. The van der Waals surface area contributed by atoms with Crippen LogP contribution in [0.5, 0.6) is 5.75 Å². The highest BCUT2D eigenvalue weighted by molar-refractivity contribution is 5.55. The number of non-ortho nitro benzene ring substituents is 1. The highest BCUT2D eigenvalue weighted by Crippen LogP contribution is 2.21. The predicted molar refractivity (Wildman–Crippen MR) is 81.9 cm³/mol. The molecule has 116 valence electrons. The van der Waals surface area contributed by atoms with E-state index in [2.05, 4.69) is 10.1 Å². The third kappa shape index (κ3) is 3.52. The van der Waals surface area contributed by atoms with Crippen molar-refractivity contribution >= 4 is 5.69 Å². The van der Waals surface area contributed by atoms with E-state index in [0.29, 0.717) is 17.5 Å². The van der Waals surface area contributed by atoms with E-state index in [1.807, 2.05) is 12.1 Å². The van der Waals surface area contributed by atoms with Crippen molar-refractivity contribution in [2.45, 2.75) is 13.5 Å². The Labute approximate surface area is 131 Å². The highest BCUT2D eigenvalue weighted by atomic mass is 16.6. The van der Waals surface area contributed by atoms with Crippen LogP contribution in [0.4, 0.5) is 5.69 Å². The van der Waals surface area contributed by atoms with Crippen molar-refractivity contribution in [1.82, 2.24) is 10.1 Å². The van der Waals surface area contributed by atoms with Gasteiger partial charge >= 0.3 is 0 Å². The first-order chi connectivity index (χ1) is 11.1. The fraction of sp³-hybridized carbons (Fsp3) is 0.125. The van der Waals surface area contributed by atoms with Gasteiger partial charge in [-0.15, -0.1) is 0 Å². The van der Waals surface area contributed by atoms with E-state index >= 15 is 0 Å². The lowest BCUT2D eigenvalue weighted by Crippen LogP contribution is -1.97. The smallest absolute Gasteiger partial charge is 0.269 e. The van der Waals surface area contributed by atoms with Crippen molar-refractivity contribution in [2.75, 3.05) is 0 Å². The molecule has 0 N–H and O–H groups in total. The first-order valence-corrected chi connectivity index (χ1v) is 6.89. The van der Waals surface area contributed by atoms with Gasteiger partial charge in [0.15, 0.2) is 0 Å². The summed E-state index contributed by atoms with van der Waals surface area (Å²) in [6.45, 7) is 1.98. The molecule has 0 aliphatic heterocycles. The van der Waals surface area contributed by atoms with Crippen LogP contribution >= 0.6 is 0 Å². The van der Waals surface area contributed by atoms with E-state index in [4.69, 9.17) is 9.26 Å². The molecule has 1 aromatic heterocycles. The van der Waals surface area contributed by atoms with Crippen LogP contribution in [0.1, 0.15) is 11.5 Å². The number of nitrogens with zero attached hydrogens (tertiary/aromatic N) is 3. The third-order valence-corrected chi connectivity index (χ3v) is 3.17. The lowest BCUT2D eigenvalue weighted by atomic mass is 10.2. The minimum absolute atomic E-state index is 0.0499. The number of nitro benzene ring substituents is 1. The van der Waals surface area contributed by atoms with Crippen LogP contribution in [-0.4, -0.2) is 15.1 Å². The van der Waals surface area contributed by atoms with Crippen LogP contribution < -0.4 is 4.74 Å². The Hall–Kier alpha value is -3.22. The van der Waals surface area contributed by atoms with Gasteiger partial charge in [-0.2, -0.15) is 4.98 Å². The van der Waals surface area contributed by atoms with Crippen LogP contribution in [-0.2, 0) is 6.61 Å². The summed E-state index contributed by atoms with van der Waals surface area (Å²) < 4.78 is 10.6. The Bertz CT molecular complexity index is 827. The van der Waals surface area contributed by atoms with Crippen molar-refractivity contribution in [3.63, 3.8) is 0 Å². The second kappa shape index (κ2) is 6.27. The summed E-state index contributed by atoms with van der Waals surface area (Å²) >= 11 is 0. The van der Waals surface area contributed by atoms with Crippen molar-refractivity contribution in [3.05, 3.63) is 70.1 Å². The van der Waals surface area contributed by atoms with Gasteiger partial charge in [0, 0.05) is 24.6 Å². The molecule has 0 saturated heterocycles. The second-order valence-electron chi connectivity index (χ2n) is 4.88. The Kier molecular flexibility index (Phi) is 4.01. The molecule has 0 atom stereocenters. The average molecular weight is 311 g/mol. The molecule has 0 aliphatic rings. The number of ether oxygens (including phenoxy) is 1. The van der Waals surface area contributed by atoms with E-state index < -0.39 is 4.92 Å². The van der Waals surface area contributed by atoms with Gasteiger partial charge in [-0.25, -0.2) is 0 Å². The van der Waals surface area contributed by atoms with Crippen LogP contribution in [0.2, 0.25) is 0 Å². The molecule has 1 heterocycles. The number of rotatable bonds is 5. The summed E-state index contributed by atoms with van der Waals surface area (Å²) in [5.74, 6) is 1.68. The zero-order valence-corrected chi connectivity index (χ0v) is 12.3. The van der Waals surface area contributed by atoms with Crippen molar-refractivity contribution < 1.29 is 14.2 Å². The molecule has 0 spiro atoms. The Balaban J connectivity index is 1.67. The van der Waals surface area contributed by atoms with Gasteiger partial charge in [-0.3, -0.25) is 10.1 Å². The zero-order valence-electron chi connectivity index (χ0n) is 12.3. The Morgan fingerprint density at radius 3 is 2.65 bits per heavy atom. The number of hydrogen-bond donors (Lipinski definition) is 0. The molecule has 0 aliphatic carbocycles. The summed E-state index contributed by atoms with van der Waals surface area (Å²) in [4.78, 5) is 14.5. The number of hydrogen-bond acceptors (Lipinski definition) is 6. The van der Waals surface area contributed by atoms with E-state index in [0.717, 1.165) is 11.1 Å². The van der Waals surface area contributed by atoms with E-state index in [9.17, 15) is 10.1 Å². The van der Waals surface area contributed by atoms with Gasteiger partial charge in [-0.05, 0) is 29.8 Å². The van der Waals surface area contributed by atoms with E-state index in [-0.39, 0.29) is 12.3 Å². The molecule has 3 aromatic rings. The molecule has 0 saturated carbocycles. The lowest BCUT2D eigenvalue weighted by Gasteiger charge is -2.06.